The van der Waals surface area contributed by atoms with Crippen LogP contribution in [0.3, 0.4) is 0 Å². The molecule has 0 spiro atoms. The maximum atomic E-state index is 12.4. The molecule has 1 heterocycles. The summed E-state index contributed by atoms with van der Waals surface area (Å²) in [4.78, 5) is 28.4. The first-order chi connectivity index (χ1) is 13.1. The van der Waals surface area contributed by atoms with E-state index in [0.29, 0.717) is 32.7 Å². The molecule has 0 unspecified atom stereocenters. The average molecular weight is 363 g/mol. The number of amides is 2. The number of hydrogen-bond donors (Lipinski definition) is 1. The van der Waals surface area contributed by atoms with E-state index >= 15 is 0 Å². The molecular weight excluding hydrogens is 338 g/mol. The number of piperazine rings is 1. The van der Waals surface area contributed by atoms with Crippen molar-refractivity contribution in [3.63, 3.8) is 0 Å². The first kappa shape index (κ1) is 18.9. The van der Waals surface area contributed by atoms with Gasteiger partial charge >= 0.3 is 0 Å². The van der Waals surface area contributed by atoms with Crippen molar-refractivity contribution in [1.29, 1.82) is 0 Å². The fraction of sp³-hybridized carbons (Fsp3) is 0.273. The van der Waals surface area contributed by atoms with Crippen LogP contribution in [0.15, 0.2) is 60.7 Å². The minimum absolute atomic E-state index is 0.0184. The standard InChI is InChI=1S/C22H25N3O2/c1-18-6-5-7-19(16-18)10-11-22(27)25-14-12-24(13-15-25)17-21(26)23-20-8-3-2-4-9-20/h2-11,16H,12-15,17H2,1H3,(H,23,26)/b11-10+. The lowest BCUT2D eigenvalue weighted by atomic mass is 10.1. The Balaban J connectivity index is 1.44. The van der Waals surface area contributed by atoms with E-state index in [1.807, 2.05) is 72.5 Å². The summed E-state index contributed by atoms with van der Waals surface area (Å²) in [5.41, 5.74) is 3.00. The first-order valence-corrected chi connectivity index (χ1v) is 9.21. The van der Waals surface area contributed by atoms with Crippen molar-refractivity contribution in [3.8, 4) is 0 Å². The summed E-state index contributed by atoms with van der Waals surface area (Å²) in [6.07, 6.45) is 3.49. The summed E-state index contributed by atoms with van der Waals surface area (Å²) < 4.78 is 0. The first-order valence-electron chi connectivity index (χ1n) is 9.21. The van der Waals surface area contributed by atoms with Gasteiger partial charge in [-0.1, -0.05) is 48.0 Å². The Kier molecular flexibility index (Phi) is 6.39. The van der Waals surface area contributed by atoms with Gasteiger partial charge in [0, 0.05) is 37.9 Å². The Hall–Kier alpha value is -2.92. The molecule has 0 atom stereocenters. The van der Waals surface area contributed by atoms with Crippen LogP contribution in [-0.2, 0) is 9.59 Å². The van der Waals surface area contributed by atoms with Crippen LogP contribution in [-0.4, -0.2) is 54.3 Å². The highest BCUT2D eigenvalue weighted by atomic mass is 16.2. The van der Waals surface area contributed by atoms with Gasteiger partial charge in [0.1, 0.15) is 0 Å². The minimum Gasteiger partial charge on any atom is -0.337 e. The highest BCUT2D eigenvalue weighted by molar-refractivity contribution is 5.93. The third-order valence-corrected chi connectivity index (χ3v) is 4.57. The fourth-order valence-electron chi connectivity index (χ4n) is 3.10. The van der Waals surface area contributed by atoms with Crippen molar-refractivity contribution < 1.29 is 9.59 Å². The van der Waals surface area contributed by atoms with Gasteiger partial charge in [0.25, 0.3) is 0 Å². The number of benzene rings is 2. The number of aryl methyl sites for hydroxylation is 1. The zero-order valence-electron chi connectivity index (χ0n) is 15.6. The molecule has 140 valence electrons. The van der Waals surface area contributed by atoms with Crippen LogP contribution >= 0.6 is 0 Å². The van der Waals surface area contributed by atoms with Gasteiger partial charge in [-0.25, -0.2) is 0 Å². The molecule has 1 aliphatic heterocycles. The fourth-order valence-corrected chi connectivity index (χ4v) is 3.10. The highest BCUT2D eigenvalue weighted by Crippen LogP contribution is 2.09. The summed E-state index contributed by atoms with van der Waals surface area (Å²) in [6, 6.07) is 17.5. The van der Waals surface area contributed by atoms with Crippen molar-refractivity contribution in [3.05, 3.63) is 71.8 Å². The Morgan fingerprint density at radius 2 is 1.74 bits per heavy atom. The molecule has 27 heavy (non-hydrogen) atoms. The molecular formula is C22H25N3O2. The van der Waals surface area contributed by atoms with E-state index in [9.17, 15) is 9.59 Å². The SMILES string of the molecule is Cc1cccc(/C=C/C(=O)N2CCN(CC(=O)Nc3ccccc3)CC2)c1. The molecule has 2 aromatic rings. The van der Waals surface area contributed by atoms with E-state index in [1.54, 1.807) is 6.08 Å². The lowest BCUT2D eigenvalue weighted by molar-refractivity contribution is -0.127. The molecule has 5 nitrogen and oxygen atoms in total. The van der Waals surface area contributed by atoms with Crippen molar-refractivity contribution in [1.82, 2.24) is 9.80 Å². The molecule has 1 fully saturated rings. The lowest BCUT2D eigenvalue weighted by Crippen LogP contribution is -2.50. The van der Waals surface area contributed by atoms with Gasteiger partial charge in [-0.15, -0.1) is 0 Å². The van der Waals surface area contributed by atoms with Gasteiger partial charge in [0.15, 0.2) is 0 Å². The second kappa shape index (κ2) is 9.14. The molecule has 0 bridgehead atoms. The molecule has 1 saturated heterocycles. The van der Waals surface area contributed by atoms with Crippen LogP contribution in [0.4, 0.5) is 5.69 Å². The number of anilines is 1. The van der Waals surface area contributed by atoms with E-state index in [-0.39, 0.29) is 11.8 Å². The summed E-state index contributed by atoms with van der Waals surface area (Å²) >= 11 is 0. The van der Waals surface area contributed by atoms with Gasteiger partial charge in [-0.2, -0.15) is 0 Å². The van der Waals surface area contributed by atoms with Gasteiger partial charge in [-0.3, -0.25) is 14.5 Å². The number of rotatable bonds is 5. The number of hydrogen-bond acceptors (Lipinski definition) is 3. The predicted molar refractivity (Wildman–Crippen MR) is 108 cm³/mol. The van der Waals surface area contributed by atoms with Crippen LogP contribution in [0.1, 0.15) is 11.1 Å². The zero-order valence-corrected chi connectivity index (χ0v) is 15.6. The second-order valence-corrected chi connectivity index (χ2v) is 6.76. The van der Waals surface area contributed by atoms with Gasteiger partial charge in [0.2, 0.25) is 11.8 Å². The molecule has 1 aliphatic rings. The Bertz CT molecular complexity index is 809. The minimum atomic E-state index is -0.0275. The topological polar surface area (TPSA) is 52.7 Å². The third kappa shape index (κ3) is 5.79. The van der Waals surface area contributed by atoms with Crippen LogP contribution in [0.5, 0.6) is 0 Å². The second-order valence-electron chi connectivity index (χ2n) is 6.76. The lowest BCUT2D eigenvalue weighted by Gasteiger charge is -2.33. The Morgan fingerprint density at radius 1 is 1.00 bits per heavy atom. The van der Waals surface area contributed by atoms with E-state index in [0.717, 1.165) is 11.3 Å². The number of carbonyl (C=O) groups excluding carboxylic acids is 2. The van der Waals surface area contributed by atoms with Crippen LogP contribution < -0.4 is 5.32 Å². The van der Waals surface area contributed by atoms with Crippen LogP contribution in [0.25, 0.3) is 6.08 Å². The van der Waals surface area contributed by atoms with E-state index in [4.69, 9.17) is 0 Å². The summed E-state index contributed by atoms with van der Waals surface area (Å²) in [5.74, 6) is -0.00906. The largest absolute Gasteiger partial charge is 0.337 e. The van der Waals surface area contributed by atoms with Crippen molar-refractivity contribution in [2.24, 2.45) is 0 Å². The van der Waals surface area contributed by atoms with E-state index in [1.165, 1.54) is 5.56 Å². The molecule has 5 heteroatoms. The summed E-state index contributed by atoms with van der Waals surface area (Å²) in [6.45, 7) is 5.05. The molecule has 0 radical (unpaired) electrons. The molecule has 0 saturated carbocycles. The van der Waals surface area contributed by atoms with Crippen molar-refractivity contribution in [2.45, 2.75) is 6.92 Å². The summed E-state index contributed by atoms with van der Waals surface area (Å²) in [7, 11) is 0. The number of para-hydroxylation sites is 1. The quantitative estimate of drug-likeness (QED) is 0.831. The average Bonchev–Trinajstić information content (AvgIpc) is 2.67. The molecule has 2 amide bonds. The Morgan fingerprint density at radius 3 is 2.44 bits per heavy atom. The van der Waals surface area contributed by atoms with Gasteiger partial charge < -0.3 is 10.2 Å². The predicted octanol–water partition coefficient (Wildman–Crippen LogP) is 2.79. The monoisotopic (exact) mass is 363 g/mol. The maximum Gasteiger partial charge on any atom is 0.246 e. The zero-order chi connectivity index (χ0) is 19.1. The van der Waals surface area contributed by atoms with Crippen molar-refractivity contribution >= 4 is 23.6 Å². The summed E-state index contributed by atoms with van der Waals surface area (Å²) in [5, 5.41) is 2.89. The molecule has 0 aromatic heterocycles. The highest BCUT2D eigenvalue weighted by Gasteiger charge is 2.21. The van der Waals surface area contributed by atoms with Crippen molar-refractivity contribution in [2.75, 3.05) is 38.0 Å². The number of nitrogens with zero attached hydrogens (tertiary/aromatic N) is 2. The third-order valence-electron chi connectivity index (χ3n) is 4.57. The number of nitrogens with one attached hydrogen (secondary N) is 1. The molecule has 0 aliphatic carbocycles. The molecule has 3 rings (SSSR count). The molecule has 2 aromatic carbocycles. The van der Waals surface area contributed by atoms with E-state index < -0.39 is 0 Å². The molecule has 1 N–H and O–H groups in total. The van der Waals surface area contributed by atoms with Gasteiger partial charge in [-0.05, 0) is 30.7 Å². The normalized spacial score (nSPS) is 15.1. The van der Waals surface area contributed by atoms with Crippen LogP contribution in [0.2, 0.25) is 0 Å². The Labute approximate surface area is 160 Å². The number of carbonyl (C=O) groups is 2. The van der Waals surface area contributed by atoms with Crippen LogP contribution in [0, 0.1) is 6.92 Å². The van der Waals surface area contributed by atoms with E-state index in [2.05, 4.69) is 10.2 Å². The van der Waals surface area contributed by atoms with Gasteiger partial charge in [0.05, 0.1) is 6.54 Å². The maximum absolute atomic E-state index is 12.4. The smallest absolute Gasteiger partial charge is 0.246 e.